The minimum absolute atomic E-state index is 0.0303. The van der Waals surface area contributed by atoms with Gasteiger partial charge in [-0.05, 0) is 20.3 Å². The van der Waals surface area contributed by atoms with Gasteiger partial charge in [-0.1, -0.05) is 35.9 Å². The summed E-state index contributed by atoms with van der Waals surface area (Å²) in [5.74, 6) is -4.55. The maximum absolute atomic E-state index is 13.6. The van der Waals surface area contributed by atoms with Crippen LogP contribution in [0.1, 0.15) is 68.7 Å². The number of Topliss-reactive ketones (excluding diaryl/α,β-unsaturated/α-hetero) is 2. The third-order valence-electron chi connectivity index (χ3n) is 6.07. The second kappa shape index (κ2) is 13.4. The van der Waals surface area contributed by atoms with E-state index in [-0.39, 0.29) is 28.9 Å². The first-order valence-corrected chi connectivity index (χ1v) is 12.8. The van der Waals surface area contributed by atoms with Crippen molar-refractivity contribution in [2.24, 2.45) is 0 Å². The van der Waals surface area contributed by atoms with Crippen molar-refractivity contribution in [1.82, 2.24) is 0 Å². The number of fused-ring (bicyclic) bond motifs is 1. The molecule has 1 aromatic carbocycles. The van der Waals surface area contributed by atoms with Crippen molar-refractivity contribution in [3.8, 4) is 0 Å². The summed E-state index contributed by atoms with van der Waals surface area (Å²) in [7, 11) is 0. The average Bonchev–Trinajstić information content (AvgIpc) is 2.88. The first kappa shape index (κ1) is 31.2. The molecule has 0 N–H and O–H groups in total. The number of allylic oxidation sites excluding steroid dienone is 4. The standard InChI is InChI=1S/C29H32O12/c1-14(2)11-12-21-23(34)19-9-7-8-10-20(19)24(35)25(21)41-29-28(39-18(6)33)27(38-17(5)32)26(37-16(4)31)22(40-29)13-36-15(3)30/h7-11,22,26-29H,12-13H2,1-6H3/t22-,26-,27+,28-,29+/m1/s1. The molecular formula is C29H32O12. The van der Waals surface area contributed by atoms with Crippen LogP contribution >= 0.6 is 0 Å². The molecule has 2 aliphatic rings. The molecule has 12 heteroatoms. The molecule has 0 saturated carbocycles. The SMILES string of the molecule is CC(=O)OC[C@H]1O[C@@H](OC2=C(CC=C(C)C)C(=O)c3ccccc3C2=O)[C@H](OC(C)=O)[C@@H](OC(C)=O)[C@@H]1OC(C)=O. The molecule has 0 bridgehead atoms. The second-order valence-corrected chi connectivity index (χ2v) is 9.68. The summed E-state index contributed by atoms with van der Waals surface area (Å²) >= 11 is 0. The highest BCUT2D eigenvalue weighted by atomic mass is 16.7. The van der Waals surface area contributed by atoms with Gasteiger partial charge in [0.05, 0.1) is 5.57 Å². The van der Waals surface area contributed by atoms with Gasteiger partial charge in [-0.15, -0.1) is 0 Å². The van der Waals surface area contributed by atoms with E-state index < -0.39 is 72.8 Å². The molecule has 0 spiro atoms. The van der Waals surface area contributed by atoms with Gasteiger partial charge in [0.15, 0.2) is 23.8 Å². The molecule has 1 aliphatic carbocycles. The van der Waals surface area contributed by atoms with Gasteiger partial charge in [0.1, 0.15) is 12.7 Å². The first-order chi connectivity index (χ1) is 19.3. The zero-order valence-electron chi connectivity index (χ0n) is 23.6. The van der Waals surface area contributed by atoms with Crippen LogP contribution in [-0.4, -0.2) is 72.8 Å². The number of carbonyl (C=O) groups is 6. The van der Waals surface area contributed by atoms with Crippen molar-refractivity contribution < 1.29 is 57.2 Å². The molecule has 220 valence electrons. The minimum Gasteiger partial charge on any atom is -0.463 e. The Hall–Kier alpha value is -4.32. The minimum atomic E-state index is -1.66. The maximum Gasteiger partial charge on any atom is 0.303 e. The van der Waals surface area contributed by atoms with Crippen molar-refractivity contribution in [3.63, 3.8) is 0 Å². The highest BCUT2D eigenvalue weighted by Gasteiger charge is 2.54. The Labute approximate surface area is 236 Å². The van der Waals surface area contributed by atoms with Gasteiger partial charge in [0, 0.05) is 38.8 Å². The molecule has 1 aromatic rings. The van der Waals surface area contributed by atoms with E-state index in [1.54, 1.807) is 18.2 Å². The average molecular weight is 573 g/mol. The summed E-state index contributed by atoms with van der Waals surface area (Å²) in [5, 5.41) is 0. The summed E-state index contributed by atoms with van der Waals surface area (Å²) in [5.41, 5.74) is 1.20. The molecule has 1 saturated heterocycles. The Balaban J connectivity index is 2.15. The molecule has 41 heavy (non-hydrogen) atoms. The van der Waals surface area contributed by atoms with Gasteiger partial charge < -0.3 is 28.4 Å². The first-order valence-electron chi connectivity index (χ1n) is 12.8. The van der Waals surface area contributed by atoms with Gasteiger partial charge in [-0.3, -0.25) is 28.8 Å². The van der Waals surface area contributed by atoms with Crippen LogP contribution in [0, 0.1) is 0 Å². The number of carbonyl (C=O) groups excluding carboxylic acids is 6. The number of ether oxygens (including phenoxy) is 6. The Morgan fingerprint density at radius 2 is 1.29 bits per heavy atom. The molecule has 0 radical (unpaired) electrons. The van der Waals surface area contributed by atoms with Crippen LogP contribution in [0.4, 0.5) is 0 Å². The van der Waals surface area contributed by atoms with E-state index in [1.807, 2.05) is 13.8 Å². The topological polar surface area (TPSA) is 158 Å². The predicted octanol–water partition coefficient (Wildman–Crippen LogP) is 2.78. The third-order valence-corrected chi connectivity index (χ3v) is 6.07. The van der Waals surface area contributed by atoms with E-state index in [4.69, 9.17) is 28.4 Å². The Morgan fingerprint density at radius 3 is 1.83 bits per heavy atom. The van der Waals surface area contributed by atoms with Gasteiger partial charge in [0.25, 0.3) is 0 Å². The fourth-order valence-electron chi connectivity index (χ4n) is 4.42. The molecule has 0 unspecified atom stereocenters. The number of ketones is 2. The van der Waals surface area contributed by atoms with Crippen molar-refractivity contribution in [1.29, 1.82) is 0 Å². The lowest BCUT2D eigenvalue weighted by atomic mass is 9.86. The van der Waals surface area contributed by atoms with Crippen LogP contribution in [0.25, 0.3) is 0 Å². The van der Waals surface area contributed by atoms with Crippen molar-refractivity contribution >= 4 is 35.4 Å². The zero-order valence-corrected chi connectivity index (χ0v) is 23.6. The molecule has 0 amide bonds. The molecule has 3 rings (SSSR count). The molecule has 5 atom stereocenters. The summed E-state index contributed by atoms with van der Waals surface area (Å²) in [6, 6.07) is 6.23. The summed E-state index contributed by atoms with van der Waals surface area (Å²) in [4.78, 5) is 74.9. The van der Waals surface area contributed by atoms with E-state index in [0.717, 1.165) is 33.3 Å². The predicted molar refractivity (Wildman–Crippen MR) is 139 cm³/mol. The molecule has 1 fully saturated rings. The number of rotatable bonds is 9. The second-order valence-electron chi connectivity index (χ2n) is 9.68. The summed E-state index contributed by atoms with van der Waals surface area (Å²) in [6.07, 6.45) is -5.62. The number of benzene rings is 1. The largest absolute Gasteiger partial charge is 0.463 e. The van der Waals surface area contributed by atoms with Gasteiger partial charge in [0.2, 0.25) is 18.2 Å². The van der Waals surface area contributed by atoms with Crippen LogP contribution in [0.5, 0.6) is 0 Å². The monoisotopic (exact) mass is 572 g/mol. The zero-order chi connectivity index (χ0) is 30.4. The summed E-state index contributed by atoms with van der Waals surface area (Å²) < 4.78 is 33.3. The Bertz CT molecular complexity index is 1300. The van der Waals surface area contributed by atoms with Crippen molar-refractivity contribution in [2.45, 2.75) is 78.7 Å². The third kappa shape index (κ3) is 7.66. The molecule has 1 heterocycles. The van der Waals surface area contributed by atoms with E-state index in [9.17, 15) is 28.8 Å². The lowest BCUT2D eigenvalue weighted by molar-refractivity contribution is -0.299. The van der Waals surface area contributed by atoms with Crippen LogP contribution in [0.2, 0.25) is 0 Å². The van der Waals surface area contributed by atoms with Crippen molar-refractivity contribution in [2.75, 3.05) is 6.61 Å². The number of esters is 4. The molecular weight excluding hydrogens is 540 g/mol. The fourth-order valence-corrected chi connectivity index (χ4v) is 4.42. The highest BCUT2D eigenvalue weighted by molar-refractivity contribution is 6.26. The smallest absolute Gasteiger partial charge is 0.303 e. The van der Waals surface area contributed by atoms with Crippen molar-refractivity contribution in [3.05, 3.63) is 58.4 Å². The molecule has 1 aliphatic heterocycles. The van der Waals surface area contributed by atoms with E-state index >= 15 is 0 Å². The van der Waals surface area contributed by atoms with Crippen LogP contribution < -0.4 is 0 Å². The Morgan fingerprint density at radius 1 is 0.756 bits per heavy atom. The fraction of sp³-hybridized carbons (Fsp3) is 0.448. The van der Waals surface area contributed by atoms with Gasteiger partial charge in [-0.25, -0.2) is 0 Å². The lowest BCUT2D eigenvalue weighted by Crippen LogP contribution is -2.63. The van der Waals surface area contributed by atoms with E-state index in [2.05, 4.69) is 0 Å². The number of hydrogen-bond donors (Lipinski definition) is 0. The number of hydrogen-bond acceptors (Lipinski definition) is 12. The normalized spacial score (nSPS) is 23.6. The maximum atomic E-state index is 13.6. The quantitative estimate of drug-likeness (QED) is 0.242. The summed E-state index contributed by atoms with van der Waals surface area (Å²) in [6.45, 7) is 7.58. The van der Waals surface area contributed by atoms with Crippen LogP contribution in [0.15, 0.2) is 47.2 Å². The molecule has 12 nitrogen and oxygen atoms in total. The van der Waals surface area contributed by atoms with Gasteiger partial charge >= 0.3 is 23.9 Å². The van der Waals surface area contributed by atoms with Gasteiger partial charge in [-0.2, -0.15) is 0 Å². The van der Waals surface area contributed by atoms with E-state index in [0.29, 0.717) is 0 Å². The van der Waals surface area contributed by atoms with Crippen LogP contribution in [-0.2, 0) is 47.6 Å². The molecule has 0 aromatic heterocycles. The van der Waals surface area contributed by atoms with Crippen LogP contribution in [0.3, 0.4) is 0 Å². The van der Waals surface area contributed by atoms with E-state index in [1.165, 1.54) is 12.1 Å². The highest BCUT2D eigenvalue weighted by Crippen LogP contribution is 2.35. The Kier molecular flexibility index (Phi) is 10.2. The lowest BCUT2D eigenvalue weighted by Gasteiger charge is -2.44.